The topological polar surface area (TPSA) is 67.6 Å². The molecule has 0 bridgehead atoms. The van der Waals surface area contributed by atoms with E-state index in [0.717, 1.165) is 10.6 Å². The van der Waals surface area contributed by atoms with E-state index >= 15 is 0 Å². The molecule has 4 heterocycles. The molecule has 6 nitrogen and oxygen atoms in total. The molecule has 10 heteroatoms. The Kier molecular flexibility index (Phi) is 5.35. The first-order chi connectivity index (χ1) is 14.2. The van der Waals surface area contributed by atoms with Crippen LogP contribution in [0.4, 0.5) is 13.2 Å². The van der Waals surface area contributed by atoms with Crippen LogP contribution in [0.3, 0.4) is 0 Å². The summed E-state index contributed by atoms with van der Waals surface area (Å²) in [5.74, 6) is -0.337. The molecule has 1 aliphatic heterocycles. The van der Waals surface area contributed by atoms with E-state index in [1.54, 1.807) is 28.5 Å². The molecule has 4 rings (SSSR count). The highest BCUT2D eigenvalue weighted by Gasteiger charge is 2.36. The molecule has 3 aromatic rings. The zero-order valence-electron chi connectivity index (χ0n) is 16.1. The second-order valence-corrected chi connectivity index (χ2v) is 8.32. The summed E-state index contributed by atoms with van der Waals surface area (Å²) >= 11 is 1.32. The van der Waals surface area contributed by atoms with E-state index in [-0.39, 0.29) is 41.8 Å². The smallest absolute Gasteiger partial charge is 0.342 e. The van der Waals surface area contributed by atoms with Crippen LogP contribution in [0.15, 0.2) is 29.6 Å². The third-order valence-corrected chi connectivity index (χ3v) is 6.05. The van der Waals surface area contributed by atoms with E-state index in [1.807, 2.05) is 0 Å². The standard InChI is InChI=1S/C20H19F3N4O2S/c1-12(28)4-5-19(29)26-7-6-13(11-26)14-10-18-24-15(16-3-2-8-30-16)9-17(20(21,22)23)27(18)25-14/h2-3,8-10,13H,4-7,11H2,1H3/t13-/m0/s1. The monoisotopic (exact) mass is 436 g/mol. The first-order valence-electron chi connectivity index (χ1n) is 9.51. The number of carbonyl (C=O) groups excluding carboxylic acids is 2. The Labute approximate surface area is 174 Å². The number of carbonyl (C=O) groups is 2. The molecule has 3 aromatic heterocycles. The van der Waals surface area contributed by atoms with Crippen molar-refractivity contribution in [3.8, 4) is 10.6 Å². The third-order valence-electron chi connectivity index (χ3n) is 5.16. The van der Waals surface area contributed by atoms with E-state index < -0.39 is 11.9 Å². The Bertz CT molecular complexity index is 1090. The number of fused-ring (bicyclic) bond motifs is 1. The van der Waals surface area contributed by atoms with Crippen LogP contribution < -0.4 is 0 Å². The van der Waals surface area contributed by atoms with Gasteiger partial charge in [-0.15, -0.1) is 11.3 Å². The quantitative estimate of drug-likeness (QED) is 0.602. The molecule has 0 spiro atoms. The Morgan fingerprint density at radius 1 is 1.27 bits per heavy atom. The average molecular weight is 436 g/mol. The van der Waals surface area contributed by atoms with Crippen molar-refractivity contribution in [3.63, 3.8) is 0 Å². The predicted octanol–water partition coefficient (Wildman–Crippen LogP) is 4.16. The Morgan fingerprint density at radius 2 is 2.07 bits per heavy atom. The molecule has 0 N–H and O–H groups in total. The number of amides is 1. The molecule has 0 unspecified atom stereocenters. The normalized spacial score (nSPS) is 17.1. The van der Waals surface area contributed by atoms with Gasteiger partial charge in [-0.25, -0.2) is 9.50 Å². The number of alkyl halides is 3. The molecular formula is C20H19F3N4O2S. The Morgan fingerprint density at radius 3 is 2.73 bits per heavy atom. The fourth-order valence-electron chi connectivity index (χ4n) is 3.61. The summed E-state index contributed by atoms with van der Waals surface area (Å²) < 4.78 is 41.9. The molecule has 1 amide bonds. The summed E-state index contributed by atoms with van der Waals surface area (Å²) in [6.07, 6.45) is -3.63. The van der Waals surface area contributed by atoms with Crippen LogP contribution in [0.2, 0.25) is 0 Å². The van der Waals surface area contributed by atoms with Gasteiger partial charge in [0.15, 0.2) is 11.3 Å². The van der Waals surface area contributed by atoms with Crippen molar-refractivity contribution in [3.05, 3.63) is 41.0 Å². The minimum atomic E-state index is -4.58. The summed E-state index contributed by atoms with van der Waals surface area (Å²) in [5, 5.41) is 5.98. The lowest BCUT2D eigenvalue weighted by Gasteiger charge is -2.15. The van der Waals surface area contributed by atoms with Crippen molar-refractivity contribution in [2.24, 2.45) is 0 Å². The van der Waals surface area contributed by atoms with Gasteiger partial charge >= 0.3 is 6.18 Å². The van der Waals surface area contributed by atoms with Crippen LogP contribution in [-0.4, -0.2) is 44.3 Å². The molecule has 1 atom stereocenters. The summed E-state index contributed by atoms with van der Waals surface area (Å²) in [4.78, 5) is 30.0. The third kappa shape index (κ3) is 4.09. The van der Waals surface area contributed by atoms with Gasteiger partial charge in [0.2, 0.25) is 5.91 Å². The van der Waals surface area contributed by atoms with Crippen LogP contribution in [0.5, 0.6) is 0 Å². The maximum Gasteiger partial charge on any atom is 0.433 e. The van der Waals surface area contributed by atoms with Crippen LogP contribution >= 0.6 is 11.3 Å². The number of hydrogen-bond acceptors (Lipinski definition) is 5. The molecular weight excluding hydrogens is 417 g/mol. The highest BCUT2D eigenvalue weighted by atomic mass is 32.1. The Hall–Kier alpha value is -2.75. The lowest BCUT2D eigenvalue weighted by Crippen LogP contribution is -2.28. The summed E-state index contributed by atoms with van der Waals surface area (Å²) in [6.45, 7) is 2.31. The lowest BCUT2D eigenvalue weighted by molar-refractivity contribution is -0.142. The number of rotatable bonds is 5. The van der Waals surface area contributed by atoms with Crippen molar-refractivity contribution in [2.45, 2.75) is 38.3 Å². The summed E-state index contributed by atoms with van der Waals surface area (Å²) in [7, 11) is 0. The summed E-state index contributed by atoms with van der Waals surface area (Å²) in [5.41, 5.74) is -0.0129. The van der Waals surface area contributed by atoms with Crippen molar-refractivity contribution in [1.82, 2.24) is 19.5 Å². The largest absolute Gasteiger partial charge is 0.433 e. The minimum Gasteiger partial charge on any atom is -0.342 e. The number of Topliss-reactive ketones (excluding diaryl/α,β-unsaturated/α-hetero) is 1. The molecule has 30 heavy (non-hydrogen) atoms. The van der Waals surface area contributed by atoms with Crippen molar-refractivity contribution in [1.29, 1.82) is 0 Å². The first-order valence-corrected chi connectivity index (χ1v) is 10.4. The maximum absolute atomic E-state index is 13.7. The van der Waals surface area contributed by atoms with Gasteiger partial charge in [0.25, 0.3) is 0 Å². The van der Waals surface area contributed by atoms with Gasteiger partial charge in [0.05, 0.1) is 16.3 Å². The molecule has 0 aliphatic carbocycles. The maximum atomic E-state index is 13.7. The molecule has 0 radical (unpaired) electrons. The highest BCUT2D eigenvalue weighted by molar-refractivity contribution is 7.13. The number of nitrogens with zero attached hydrogens (tertiary/aromatic N) is 4. The number of hydrogen-bond donors (Lipinski definition) is 0. The van der Waals surface area contributed by atoms with Crippen molar-refractivity contribution < 1.29 is 22.8 Å². The number of aromatic nitrogens is 3. The van der Waals surface area contributed by atoms with Gasteiger partial charge in [-0.05, 0) is 30.9 Å². The van der Waals surface area contributed by atoms with Gasteiger partial charge < -0.3 is 9.69 Å². The van der Waals surface area contributed by atoms with E-state index in [1.165, 1.54) is 18.3 Å². The van der Waals surface area contributed by atoms with E-state index in [9.17, 15) is 22.8 Å². The fraction of sp³-hybridized carbons (Fsp3) is 0.400. The van der Waals surface area contributed by atoms with Gasteiger partial charge in [-0.3, -0.25) is 4.79 Å². The predicted molar refractivity (Wildman–Crippen MR) is 105 cm³/mol. The second-order valence-electron chi connectivity index (χ2n) is 7.37. The summed E-state index contributed by atoms with van der Waals surface area (Å²) in [6, 6.07) is 6.07. The molecule has 0 aromatic carbocycles. The van der Waals surface area contributed by atoms with Crippen LogP contribution in [0.25, 0.3) is 16.2 Å². The fourth-order valence-corrected chi connectivity index (χ4v) is 4.30. The molecule has 1 saturated heterocycles. The molecule has 158 valence electrons. The molecule has 1 aliphatic rings. The molecule has 0 saturated carbocycles. The first kappa shape index (κ1) is 20.5. The molecule has 1 fully saturated rings. The van der Waals surface area contributed by atoms with Crippen LogP contribution in [0.1, 0.15) is 43.5 Å². The van der Waals surface area contributed by atoms with E-state index in [0.29, 0.717) is 30.1 Å². The van der Waals surface area contributed by atoms with Crippen molar-refractivity contribution >= 4 is 28.7 Å². The zero-order valence-corrected chi connectivity index (χ0v) is 17.0. The Balaban J connectivity index is 1.63. The minimum absolute atomic E-state index is 0.0493. The second kappa shape index (κ2) is 7.82. The van der Waals surface area contributed by atoms with Gasteiger partial charge in [-0.2, -0.15) is 18.3 Å². The number of thiophene rings is 1. The van der Waals surface area contributed by atoms with Gasteiger partial charge in [0, 0.05) is 37.9 Å². The SMILES string of the molecule is CC(=O)CCC(=O)N1CC[C@H](c2cc3nc(-c4cccs4)cc(C(F)(F)F)n3n2)C1. The highest BCUT2D eigenvalue weighted by Crippen LogP contribution is 2.35. The van der Waals surface area contributed by atoms with E-state index in [4.69, 9.17) is 0 Å². The number of halogens is 3. The average Bonchev–Trinajstić information content (AvgIpc) is 3.43. The van der Waals surface area contributed by atoms with Crippen molar-refractivity contribution in [2.75, 3.05) is 13.1 Å². The zero-order chi connectivity index (χ0) is 21.5. The van der Waals surface area contributed by atoms with E-state index in [2.05, 4.69) is 10.1 Å². The van der Waals surface area contributed by atoms with Gasteiger partial charge in [-0.1, -0.05) is 6.07 Å². The van der Waals surface area contributed by atoms with Crippen LogP contribution in [0, 0.1) is 0 Å². The lowest BCUT2D eigenvalue weighted by atomic mass is 10.1. The number of likely N-dealkylation sites (tertiary alicyclic amines) is 1. The number of ketones is 1. The van der Waals surface area contributed by atoms with Crippen LogP contribution in [-0.2, 0) is 15.8 Å². The van der Waals surface area contributed by atoms with Gasteiger partial charge in [0.1, 0.15) is 5.78 Å².